The number of carbonyl (C=O) groups excluding carboxylic acids is 1. The molecule has 0 spiro atoms. The number of carbonyl (C=O) groups is 1. The fourth-order valence-corrected chi connectivity index (χ4v) is 4.82. The number of hydrogen-bond acceptors (Lipinski definition) is 2. The Bertz CT molecular complexity index is 398. The number of fused-ring (bicyclic) bond motifs is 3. The lowest BCUT2D eigenvalue weighted by molar-refractivity contribution is -0.132. The standard InChI is InChI=1S/C16H24O2/c1-10-3-6-14-13(15(10)18)5-4-11-9-12(17)7-8-16(11,14)2/h3,11-14,17H,4-9H2,1-2H3/t11-,12-,13-,14-,16-/m0/s1. The van der Waals surface area contributed by atoms with Crippen LogP contribution in [0.25, 0.3) is 0 Å². The molecule has 2 nitrogen and oxygen atoms in total. The number of rotatable bonds is 0. The second-order valence-corrected chi connectivity index (χ2v) is 6.91. The van der Waals surface area contributed by atoms with E-state index in [-0.39, 0.29) is 17.4 Å². The van der Waals surface area contributed by atoms with E-state index in [0.717, 1.165) is 44.1 Å². The Morgan fingerprint density at radius 3 is 2.89 bits per heavy atom. The molecule has 0 heterocycles. The molecule has 18 heavy (non-hydrogen) atoms. The summed E-state index contributed by atoms with van der Waals surface area (Å²) in [5.74, 6) is 1.82. The van der Waals surface area contributed by atoms with Crippen molar-refractivity contribution in [3.05, 3.63) is 11.6 Å². The zero-order chi connectivity index (χ0) is 12.9. The van der Waals surface area contributed by atoms with E-state index in [1.54, 1.807) is 0 Å². The van der Waals surface area contributed by atoms with Crippen molar-refractivity contribution in [1.29, 1.82) is 0 Å². The van der Waals surface area contributed by atoms with Crippen LogP contribution in [0, 0.1) is 23.2 Å². The van der Waals surface area contributed by atoms with Crippen LogP contribution in [0.15, 0.2) is 11.6 Å². The summed E-state index contributed by atoms with van der Waals surface area (Å²) in [5, 5.41) is 9.87. The molecule has 0 bridgehead atoms. The Labute approximate surface area is 109 Å². The van der Waals surface area contributed by atoms with Gasteiger partial charge in [0.15, 0.2) is 5.78 Å². The van der Waals surface area contributed by atoms with E-state index in [1.165, 1.54) is 0 Å². The van der Waals surface area contributed by atoms with Crippen LogP contribution in [-0.4, -0.2) is 17.0 Å². The number of aliphatic hydroxyl groups excluding tert-OH is 1. The number of ketones is 1. The zero-order valence-corrected chi connectivity index (χ0v) is 11.5. The maximum absolute atomic E-state index is 12.3. The van der Waals surface area contributed by atoms with Crippen molar-refractivity contribution < 1.29 is 9.90 Å². The third-order valence-corrected chi connectivity index (χ3v) is 6.07. The van der Waals surface area contributed by atoms with Gasteiger partial charge in [0.2, 0.25) is 0 Å². The Morgan fingerprint density at radius 1 is 1.33 bits per heavy atom. The van der Waals surface area contributed by atoms with Gasteiger partial charge in [0.1, 0.15) is 0 Å². The highest BCUT2D eigenvalue weighted by atomic mass is 16.3. The summed E-state index contributed by atoms with van der Waals surface area (Å²) in [6, 6.07) is 0. The van der Waals surface area contributed by atoms with Gasteiger partial charge >= 0.3 is 0 Å². The molecule has 2 saturated carbocycles. The molecule has 3 rings (SSSR count). The minimum absolute atomic E-state index is 0.101. The Kier molecular flexibility index (Phi) is 2.89. The first-order valence-corrected chi connectivity index (χ1v) is 7.41. The predicted molar refractivity (Wildman–Crippen MR) is 71.0 cm³/mol. The van der Waals surface area contributed by atoms with Gasteiger partial charge in [-0.2, -0.15) is 0 Å². The lowest BCUT2D eigenvalue weighted by Gasteiger charge is -2.55. The highest BCUT2D eigenvalue weighted by Crippen LogP contribution is 2.57. The minimum Gasteiger partial charge on any atom is -0.393 e. The van der Waals surface area contributed by atoms with Gasteiger partial charge in [0, 0.05) is 5.92 Å². The second-order valence-electron chi connectivity index (χ2n) is 6.91. The molecule has 2 heteroatoms. The van der Waals surface area contributed by atoms with Crippen LogP contribution >= 0.6 is 0 Å². The molecule has 0 radical (unpaired) electrons. The van der Waals surface area contributed by atoms with Crippen LogP contribution in [-0.2, 0) is 4.79 Å². The number of Topliss-reactive ketones (excluding diaryl/α,β-unsaturated/α-hetero) is 1. The van der Waals surface area contributed by atoms with E-state index in [0.29, 0.717) is 17.6 Å². The molecule has 5 atom stereocenters. The lowest BCUT2D eigenvalue weighted by Crippen LogP contribution is -2.50. The van der Waals surface area contributed by atoms with Gasteiger partial charge in [-0.3, -0.25) is 4.79 Å². The van der Waals surface area contributed by atoms with Gasteiger partial charge in [-0.25, -0.2) is 0 Å². The molecule has 0 aromatic carbocycles. The van der Waals surface area contributed by atoms with E-state index < -0.39 is 0 Å². The number of aliphatic hydroxyl groups is 1. The molecular weight excluding hydrogens is 224 g/mol. The van der Waals surface area contributed by atoms with Crippen LogP contribution in [0.1, 0.15) is 52.4 Å². The Morgan fingerprint density at radius 2 is 2.11 bits per heavy atom. The zero-order valence-electron chi connectivity index (χ0n) is 11.5. The molecule has 0 unspecified atom stereocenters. The van der Waals surface area contributed by atoms with E-state index >= 15 is 0 Å². The highest BCUT2D eigenvalue weighted by Gasteiger charge is 2.52. The van der Waals surface area contributed by atoms with Gasteiger partial charge < -0.3 is 5.11 Å². The van der Waals surface area contributed by atoms with Gasteiger partial charge in [0.25, 0.3) is 0 Å². The predicted octanol–water partition coefficient (Wildman–Crippen LogP) is 3.10. The monoisotopic (exact) mass is 248 g/mol. The van der Waals surface area contributed by atoms with Crippen LogP contribution in [0.3, 0.4) is 0 Å². The van der Waals surface area contributed by atoms with Crippen LogP contribution in [0.5, 0.6) is 0 Å². The van der Waals surface area contributed by atoms with Crippen LogP contribution in [0.2, 0.25) is 0 Å². The molecule has 3 aliphatic carbocycles. The SMILES string of the molecule is CC1=CC[C@H]2[C@H](CC[C@H]3C[C@@H](O)CC[C@@]32C)C1=O. The average Bonchev–Trinajstić information content (AvgIpc) is 2.34. The highest BCUT2D eigenvalue weighted by molar-refractivity contribution is 5.97. The fourth-order valence-electron chi connectivity index (χ4n) is 4.82. The summed E-state index contributed by atoms with van der Waals surface area (Å²) in [6.07, 6.45) is 8.28. The minimum atomic E-state index is -0.101. The summed E-state index contributed by atoms with van der Waals surface area (Å²) in [5.41, 5.74) is 1.27. The molecule has 1 N–H and O–H groups in total. The van der Waals surface area contributed by atoms with E-state index in [4.69, 9.17) is 0 Å². The maximum Gasteiger partial charge on any atom is 0.161 e. The first kappa shape index (κ1) is 12.4. The van der Waals surface area contributed by atoms with Crippen molar-refractivity contribution in [3.63, 3.8) is 0 Å². The molecule has 3 aliphatic rings. The van der Waals surface area contributed by atoms with Crippen molar-refractivity contribution in [1.82, 2.24) is 0 Å². The van der Waals surface area contributed by atoms with Crippen molar-refractivity contribution in [3.8, 4) is 0 Å². The van der Waals surface area contributed by atoms with Gasteiger partial charge in [-0.05, 0) is 68.3 Å². The first-order chi connectivity index (χ1) is 8.52. The number of hydrogen-bond donors (Lipinski definition) is 1. The summed E-state index contributed by atoms with van der Waals surface area (Å²) in [7, 11) is 0. The molecule has 100 valence electrons. The van der Waals surface area contributed by atoms with Crippen molar-refractivity contribution in [2.24, 2.45) is 23.2 Å². The molecular formula is C16H24O2. The third-order valence-electron chi connectivity index (χ3n) is 6.07. The fraction of sp³-hybridized carbons (Fsp3) is 0.812. The average molecular weight is 248 g/mol. The third kappa shape index (κ3) is 1.69. The smallest absolute Gasteiger partial charge is 0.161 e. The second kappa shape index (κ2) is 4.19. The summed E-state index contributed by atoms with van der Waals surface area (Å²) in [6.45, 7) is 4.35. The Balaban J connectivity index is 1.91. The van der Waals surface area contributed by atoms with Crippen LogP contribution in [0.4, 0.5) is 0 Å². The molecule has 0 aromatic rings. The quantitative estimate of drug-likeness (QED) is 0.715. The summed E-state index contributed by atoms with van der Waals surface area (Å²) in [4.78, 5) is 12.3. The summed E-state index contributed by atoms with van der Waals surface area (Å²) >= 11 is 0. The van der Waals surface area contributed by atoms with Crippen molar-refractivity contribution >= 4 is 5.78 Å². The lowest BCUT2D eigenvalue weighted by atomic mass is 9.50. The largest absolute Gasteiger partial charge is 0.393 e. The van der Waals surface area contributed by atoms with E-state index in [2.05, 4.69) is 13.0 Å². The van der Waals surface area contributed by atoms with Gasteiger partial charge in [-0.15, -0.1) is 0 Å². The van der Waals surface area contributed by atoms with Crippen molar-refractivity contribution in [2.75, 3.05) is 0 Å². The van der Waals surface area contributed by atoms with Gasteiger partial charge in [-0.1, -0.05) is 13.0 Å². The maximum atomic E-state index is 12.3. The van der Waals surface area contributed by atoms with Crippen molar-refractivity contribution in [2.45, 2.75) is 58.5 Å². The molecule has 0 amide bonds. The number of allylic oxidation sites excluding steroid dienone is 2. The first-order valence-electron chi connectivity index (χ1n) is 7.41. The molecule has 0 aliphatic heterocycles. The van der Waals surface area contributed by atoms with Crippen LogP contribution < -0.4 is 0 Å². The normalized spacial score (nSPS) is 48.2. The molecule has 0 aromatic heterocycles. The topological polar surface area (TPSA) is 37.3 Å². The van der Waals surface area contributed by atoms with E-state index in [9.17, 15) is 9.90 Å². The van der Waals surface area contributed by atoms with E-state index in [1.807, 2.05) is 6.92 Å². The van der Waals surface area contributed by atoms with Gasteiger partial charge in [0.05, 0.1) is 6.10 Å². The Hall–Kier alpha value is -0.630. The molecule has 2 fully saturated rings. The molecule has 0 saturated heterocycles. The summed E-state index contributed by atoms with van der Waals surface area (Å²) < 4.78 is 0.